The van der Waals surface area contributed by atoms with Crippen LogP contribution < -0.4 is 10.1 Å². The zero-order chi connectivity index (χ0) is 13.9. The van der Waals surface area contributed by atoms with Crippen LogP contribution >= 0.6 is 11.6 Å². The number of aromatic nitrogens is 4. The predicted molar refractivity (Wildman–Crippen MR) is 76.4 cm³/mol. The Balaban J connectivity index is 2.03. The number of fused-ring (bicyclic) bond motifs is 1. The zero-order valence-corrected chi connectivity index (χ0v) is 11.3. The van der Waals surface area contributed by atoms with E-state index in [1.54, 1.807) is 6.20 Å². The number of nitrogens with zero attached hydrogens (tertiary/aromatic N) is 4. The second kappa shape index (κ2) is 5.26. The first-order valence-corrected chi connectivity index (χ1v) is 6.20. The molecule has 0 fully saturated rings. The van der Waals surface area contributed by atoms with Crippen molar-refractivity contribution in [3.05, 3.63) is 41.8 Å². The Morgan fingerprint density at radius 3 is 2.85 bits per heavy atom. The molecule has 0 aliphatic heterocycles. The molecule has 3 aromatic rings. The minimum Gasteiger partial charge on any atom is -0.467 e. The summed E-state index contributed by atoms with van der Waals surface area (Å²) >= 11 is 5.82. The molecule has 0 radical (unpaired) electrons. The Hall–Kier alpha value is -2.47. The lowest BCUT2D eigenvalue weighted by Crippen LogP contribution is -2.02. The van der Waals surface area contributed by atoms with Crippen LogP contribution in [0.5, 0.6) is 6.01 Å². The minimum absolute atomic E-state index is 0.0673. The molecule has 0 bridgehead atoms. The van der Waals surface area contributed by atoms with E-state index in [1.807, 2.05) is 30.3 Å². The first kappa shape index (κ1) is 12.6. The Bertz CT molecular complexity index is 759. The second-order valence-corrected chi connectivity index (χ2v) is 4.25. The van der Waals surface area contributed by atoms with Crippen LogP contribution in [0.15, 0.2) is 36.5 Å². The van der Waals surface area contributed by atoms with Gasteiger partial charge in [0, 0.05) is 11.6 Å². The van der Waals surface area contributed by atoms with Crippen LogP contribution in [0.4, 0.5) is 11.6 Å². The molecule has 20 heavy (non-hydrogen) atoms. The maximum absolute atomic E-state index is 5.82. The molecule has 0 aliphatic carbocycles. The number of nitrogens with one attached hydrogen (secondary N) is 1. The number of pyridine rings is 1. The van der Waals surface area contributed by atoms with Crippen LogP contribution in [0, 0.1) is 0 Å². The average Bonchev–Trinajstić information content (AvgIpc) is 2.47. The van der Waals surface area contributed by atoms with Gasteiger partial charge in [-0.05, 0) is 35.9 Å². The molecular formula is C13H10ClN5O. The summed E-state index contributed by atoms with van der Waals surface area (Å²) in [5.41, 5.74) is 1.71. The highest BCUT2D eigenvalue weighted by Gasteiger charge is 2.07. The minimum atomic E-state index is 0.0673. The maximum atomic E-state index is 5.82. The lowest BCUT2D eigenvalue weighted by atomic mass is 10.2. The van der Waals surface area contributed by atoms with Gasteiger partial charge in [0.25, 0.3) is 0 Å². The van der Waals surface area contributed by atoms with Gasteiger partial charge < -0.3 is 10.1 Å². The van der Waals surface area contributed by atoms with E-state index in [4.69, 9.17) is 16.3 Å². The Labute approximate surface area is 119 Å². The van der Waals surface area contributed by atoms with Crippen LogP contribution in [0.1, 0.15) is 0 Å². The number of ether oxygens (including phenoxy) is 1. The lowest BCUT2D eigenvalue weighted by Gasteiger charge is -2.08. The van der Waals surface area contributed by atoms with Crippen LogP contribution in [-0.4, -0.2) is 27.0 Å². The Kier molecular flexibility index (Phi) is 3.30. The normalized spacial score (nSPS) is 10.5. The molecule has 7 heteroatoms. The van der Waals surface area contributed by atoms with E-state index in [1.165, 1.54) is 7.11 Å². The van der Waals surface area contributed by atoms with E-state index in [-0.39, 0.29) is 11.3 Å². The molecule has 2 heterocycles. The molecule has 3 rings (SSSR count). The molecule has 0 amide bonds. The molecule has 0 unspecified atom stereocenters. The van der Waals surface area contributed by atoms with Gasteiger partial charge in [0.2, 0.25) is 11.2 Å². The molecule has 0 saturated carbocycles. The molecule has 1 N–H and O–H groups in total. The summed E-state index contributed by atoms with van der Waals surface area (Å²) in [5.74, 6) is 0.318. The van der Waals surface area contributed by atoms with Gasteiger partial charge >= 0.3 is 6.01 Å². The van der Waals surface area contributed by atoms with E-state index in [0.717, 1.165) is 16.6 Å². The van der Waals surface area contributed by atoms with Crippen molar-refractivity contribution in [1.29, 1.82) is 0 Å². The van der Waals surface area contributed by atoms with Gasteiger partial charge in [-0.25, -0.2) is 0 Å². The van der Waals surface area contributed by atoms with E-state index >= 15 is 0 Å². The highest BCUT2D eigenvalue weighted by Crippen LogP contribution is 2.24. The molecule has 0 saturated heterocycles. The molecule has 0 atom stereocenters. The van der Waals surface area contributed by atoms with Crippen molar-refractivity contribution in [3.63, 3.8) is 0 Å². The van der Waals surface area contributed by atoms with Gasteiger partial charge in [-0.3, -0.25) is 4.98 Å². The first-order chi connectivity index (χ1) is 9.76. The van der Waals surface area contributed by atoms with Gasteiger partial charge in [0.15, 0.2) is 0 Å². The third-order valence-electron chi connectivity index (χ3n) is 2.66. The summed E-state index contributed by atoms with van der Waals surface area (Å²) in [4.78, 5) is 16.2. The highest BCUT2D eigenvalue weighted by atomic mass is 35.5. The monoisotopic (exact) mass is 287 g/mol. The number of hydrogen-bond donors (Lipinski definition) is 1. The fourth-order valence-electron chi connectivity index (χ4n) is 1.81. The fourth-order valence-corrected chi connectivity index (χ4v) is 1.96. The fraction of sp³-hybridized carbons (Fsp3) is 0.0769. The largest absolute Gasteiger partial charge is 0.467 e. The second-order valence-electron chi connectivity index (χ2n) is 3.92. The van der Waals surface area contributed by atoms with Crippen molar-refractivity contribution in [3.8, 4) is 6.01 Å². The summed E-state index contributed by atoms with van der Waals surface area (Å²) in [5, 5.41) is 4.13. The van der Waals surface area contributed by atoms with Crippen molar-refractivity contribution in [1.82, 2.24) is 19.9 Å². The van der Waals surface area contributed by atoms with E-state index in [2.05, 4.69) is 25.3 Å². The van der Waals surface area contributed by atoms with Crippen molar-refractivity contribution in [2.24, 2.45) is 0 Å². The van der Waals surface area contributed by atoms with Gasteiger partial charge in [-0.1, -0.05) is 6.07 Å². The first-order valence-electron chi connectivity index (χ1n) is 5.82. The number of anilines is 2. The van der Waals surface area contributed by atoms with Gasteiger partial charge in [0.05, 0.1) is 18.3 Å². The summed E-state index contributed by atoms with van der Waals surface area (Å²) in [6, 6.07) is 9.73. The number of halogens is 1. The predicted octanol–water partition coefficient (Wildman–Crippen LogP) is 2.83. The third kappa shape index (κ3) is 2.46. The van der Waals surface area contributed by atoms with E-state index in [0.29, 0.717) is 5.95 Å². The number of rotatable bonds is 3. The van der Waals surface area contributed by atoms with Crippen LogP contribution in [0.3, 0.4) is 0 Å². The topological polar surface area (TPSA) is 72.8 Å². The van der Waals surface area contributed by atoms with Crippen molar-refractivity contribution in [2.75, 3.05) is 12.4 Å². The smallest absolute Gasteiger partial charge is 0.322 e. The molecule has 6 nitrogen and oxygen atoms in total. The summed E-state index contributed by atoms with van der Waals surface area (Å²) in [7, 11) is 1.47. The quantitative estimate of drug-likeness (QED) is 0.798. The van der Waals surface area contributed by atoms with Crippen LogP contribution in [0.25, 0.3) is 10.9 Å². The summed E-state index contributed by atoms with van der Waals surface area (Å²) in [6.07, 6.45) is 1.74. The van der Waals surface area contributed by atoms with E-state index < -0.39 is 0 Å². The molecular weight excluding hydrogens is 278 g/mol. The molecule has 1 aromatic carbocycles. The Morgan fingerprint density at radius 1 is 1.10 bits per heavy atom. The molecule has 2 aromatic heterocycles. The number of benzene rings is 1. The molecule has 100 valence electrons. The van der Waals surface area contributed by atoms with Gasteiger partial charge in [0.1, 0.15) is 0 Å². The van der Waals surface area contributed by atoms with Crippen molar-refractivity contribution in [2.45, 2.75) is 0 Å². The van der Waals surface area contributed by atoms with Crippen molar-refractivity contribution < 1.29 is 4.74 Å². The summed E-state index contributed by atoms with van der Waals surface area (Å²) in [6.45, 7) is 0. The maximum Gasteiger partial charge on any atom is 0.322 e. The SMILES string of the molecule is COc1nc(Cl)nc(Nc2cccc3ncccc23)n1. The summed E-state index contributed by atoms with van der Waals surface area (Å²) < 4.78 is 4.96. The zero-order valence-electron chi connectivity index (χ0n) is 10.5. The highest BCUT2D eigenvalue weighted by molar-refractivity contribution is 6.28. The number of hydrogen-bond acceptors (Lipinski definition) is 6. The van der Waals surface area contributed by atoms with Crippen molar-refractivity contribution >= 4 is 34.1 Å². The van der Waals surface area contributed by atoms with Crippen LogP contribution in [-0.2, 0) is 0 Å². The van der Waals surface area contributed by atoms with Gasteiger partial charge in [-0.2, -0.15) is 15.0 Å². The average molecular weight is 288 g/mol. The lowest BCUT2D eigenvalue weighted by molar-refractivity contribution is 0.379. The molecule has 0 aliphatic rings. The van der Waals surface area contributed by atoms with Gasteiger partial charge in [-0.15, -0.1) is 0 Å². The number of methoxy groups -OCH3 is 1. The standard InChI is InChI=1S/C13H10ClN5O/c1-20-13-18-11(14)17-12(19-13)16-10-6-2-5-9-8(10)4-3-7-15-9/h2-7H,1H3,(H,16,17,18,19). The van der Waals surface area contributed by atoms with E-state index in [9.17, 15) is 0 Å². The Morgan fingerprint density at radius 2 is 2.00 bits per heavy atom. The third-order valence-corrected chi connectivity index (χ3v) is 2.83. The van der Waals surface area contributed by atoms with Crippen LogP contribution in [0.2, 0.25) is 5.28 Å². The molecule has 0 spiro atoms.